The average Bonchev–Trinajstić information content (AvgIpc) is 2.64. The Labute approximate surface area is 89.5 Å². The SMILES string of the molecule is Nc1coc(-c2ccccc2C(F)(F)F)c1. The van der Waals surface area contributed by atoms with E-state index in [-0.39, 0.29) is 11.3 Å². The van der Waals surface area contributed by atoms with Crippen molar-refractivity contribution in [2.45, 2.75) is 6.18 Å². The number of alkyl halides is 3. The smallest absolute Gasteiger partial charge is 0.417 e. The van der Waals surface area contributed by atoms with Crippen molar-refractivity contribution in [3.05, 3.63) is 42.2 Å². The van der Waals surface area contributed by atoms with Crippen LogP contribution in [0.2, 0.25) is 0 Å². The minimum absolute atomic E-state index is 0.00769. The summed E-state index contributed by atoms with van der Waals surface area (Å²) in [5.74, 6) is 0.116. The molecule has 84 valence electrons. The summed E-state index contributed by atoms with van der Waals surface area (Å²) in [6.07, 6.45) is -3.19. The van der Waals surface area contributed by atoms with Gasteiger partial charge in [-0.2, -0.15) is 13.2 Å². The summed E-state index contributed by atoms with van der Waals surface area (Å²) < 4.78 is 43.0. The van der Waals surface area contributed by atoms with E-state index in [0.29, 0.717) is 5.69 Å². The zero-order chi connectivity index (χ0) is 11.8. The fourth-order valence-electron chi connectivity index (χ4n) is 1.44. The first-order valence-corrected chi connectivity index (χ1v) is 4.49. The zero-order valence-corrected chi connectivity index (χ0v) is 8.08. The monoisotopic (exact) mass is 227 g/mol. The maximum Gasteiger partial charge on any atom is 0.417 e. The highest BCUT2D eigenvalue weighted by atomic mass is 19.4. The standard InChI is InChI=1S/C11H8F3NO/c12-11(13,14)9-4-2-1-3-8(9)10-5-7(15)6-16-10/h1-6H,15H2. The van der Waals surface area contributed by atoms with Gasteiger partial charge in [-0.25, -0.2) is 0 Å². The molecule has 0 saturated heterocycles. The van der Waals surface area contributed by atoms with Crippen LogP contribution < -0.4 is 5.73 Å². The third kappa shape index (κ3) is 1.88. The molecule has 5 heteroatoms. The van der Waals surface area contributed by atoms with Crippen LogP contribution in [0.1, 0.15) is 5.56 Å². The van der Waals surface area contributed by atoms with Crippen LogP contribution in [0.3, 0.4) is 0 Å². The predicted molar refractivity (Wildman–Crippen MR) is 53.6 cm³/mol. The zero-order valence-electron chi connectivity index (χ0n) is 8.08. The first kappa shape index (κ1) is 10.6. The number of furan rings is 1. The van der Waals surface area contributed by atoms with Gasteiger partial charge in [0, 0.05) is 11.6 Å². The Balaban J connectivity index is 2.57. The summed E-state index contributed by atoms with van der Waals surface area (Å²) in [4.78, 5) is 0. The van der Waals surface area contributed by atoms with Crippen molar-refractivity contribution in [2.75, 3.05) is 5.73 Å². The van der Waals surface area contributed by atoms with Gasteiger partial charge in [0.2, 0.25) is 0 Å². The molecular formula is C11H8F3NO. The van der Waals surface area contributed by atoms with E-state index in [0.717, 1.165) is 6.07 Å². The lowest BCUT2D eigenvalue weighted by Gasteiger charge is -2.10. The van der Waals surface area contributed by atoms with Gasteiger partial charge in [0.25, 0.3) is 0 Å². The summed E-state index contributed by atoms with van der Waals surface area (Å²) in [7, 11) is 0. The summed E-state index contributed by atoms with van der Waals surface area (Å²) in [6, 6.07) is 6.57. The fourth-order valence-corrected chi connectivity index (χ4v) is 1.44. The lowest BCUT2D eigenvalue weighted by atomic mass is 10.1. The summed E-state index contributed by atoms with van der Waals surface area (Å²) in [6.45, 7) is 0. The van der Waals surface area contributed by atoms with Gasteiger partial charge in [0.05, 0.1) is 11.3 Å². The van der Waals surface area contributed by atoms with E-state index in [1.807, 2.05) is 0 Å². The molecule has 0 amide bonds. The highest BCUT2D eigenvalue weighted by molar-refractivity contribution is 5.66. The maximum atomic E-state index is 12.7. The number of nitrogen functional groups attached to an aromatic ring is 1. The minimum atomic E-state index is -4.40. The van der Waals surface area contributed by atoms with E-state index >= 15 is 0 Å². The number of benzene rings is 1. The van der Waals surface area contributed by atoms with E-state index in [1.165, 1.54) is 30.5 Å². The molecule has 1 heterocycles. The molecule has 2 N–H and O–H groups in total. The first-order valence-electron chi connectivity index (χ1n) is 4.49. The van der Waals surface area contributed by atoms with Gasteiger partial charge >= 0.3 is 6.18 Å². The van der Waals surface area contributed by atoms with Crippen LogP contribution in [0, 0.1) is 0 Å². The van der Waals surface area contributed by atoms with Gasteiger partial charge in [-0.1, -0.05) is 18.2 Å². The highest BCUT2D eigenvalue weighted by Crippen LogP contribution is 2.37. The van der Waals surface area contributed by atoms with Gasteiger partial charge < -0.3 is 10.2 Å². The van der Waals surface area contributed by atoms with Crippen LogP contribution in [-0.4, -0.2) is 0 Å². The average molecular weight is 227 g/mol. The van der Waals surface area contributed by atoms with E-state index in [2.05, 4.69) is 0 Å². The largest absolute Gasteiger partial charge is 0.462 e. The molecule has 0 unspecified atom stereocenters. The van der Waals surface area contributed by atoms with Crippen molar-refractivity contribution >= 4 is 5.69 Å². The second kappa shape index (κ2) is 3.59. The van der Waals surface area contributed by atoms with E-state index in [1.54, 1.807) is 0 Å². The van der Waals surface area contributed by atoms with Gasteiger partial charge in [-0.15, -0.1) is 0 Å². The molecule has 2 rings (SSSR count). The lowest BCUT2D eigenvalue weighted by molar-refractivity contribution is -0.137. The van der Waals surface area contributed by atoms with Crippen molar-refractivity contribution in [3.63, 3.8) is 0 Å². The molecule has 0 spiro atoms. The third-order valence-corrected chi connectivity index (χ3v) is 2.12. The van der Waals surface area contributed by atoms with Gasteiger partial charge in [0.1, 0.15) is 12.0 Å². The van der Waals surface area contributed by atoms with Crippen molar-refractivity contribution in [1.82, 2.24) is 0 Å². The molecule has 16 heavy (non-hydrogen) atoms. The lowest BCUT2D eigenvalue weighted by Crippen LogP contribution is -2.06. The Morgan fingerprint density at radius 1 is 1.12 bits per heavy atom. The topological polar surface area (TPSA) is 39.2 Å². The molecule has 0 radical (unpaired) electrons. The van der Waals surface area contributed by atoms with E-state index < -0.39 is 11.7 Å². The molecule has 1 aromatic carbocycles. The normalized spacial score (nSPS) is 11.7. The second-order valence-corrected chi connectivity index (χ2v) is 3.29. The summed E-state index contributed by atoms with van der Waals surface area (Å²) >= 11 is 0. The summed E-state index contributed by atoms with van der Waals surface area (Å²) in [5, 5.41) is 0. The van der Waals surface area contributed by atoms with Crippen LogP contribution in [-0.2, 0) is 6.18 Å². The van der Waals surface area contributed by atoms with Crippen molar-refractivity contribution in [2.24, 2.45) is 0 Å². The first-order chi connectivity index (χ1) is 7.48. The maximum absolute atomic E-state index is 12.7. The quantitative estimate of drug-likeness (QED) is 0.809. The molecule has 2 aromatic rings. The molecule has 0 atom stereocenters. The van der Waals surface area contributed by atoms with Gasteiger partial charge in [-0.3, -0.25) is 0 Å². The molecule has 1 aromatic heterocycles. The fraction of sp³-hybridized carbons (Fsp3) is 0.0909. The number of hydrogen-bond donors (Lipinski definition) is 1. The van der Waals surface area contributed by atoms with Crippen molar-refractivity contribution in [1.29, 1.82) is 0 Å². The van der Waals surface area contributed by atoms with Gasteiger partial charge in [-0.05, 0) is 6.07 Å². The number of nitrogens with two attached hydrogens (primary N) is 1. The third-order valence-electron chi connectivity index (χ3n) is 2.12. The molecular weight excluding hydrogens is 219 g/mol. The van der Waals surface area contributed by atoms with Crippen LogP contribution in [0.25, 0.3) is 11.3 Å². The van der Waals surface area contributed by atoms with E-state index in [4.69, 9.17) is 10.2 Å². The Morgan fingerprint density at radius 2 is 1.81 bits per heavy atom. The summed E-state index contributed by atoms with van der Waals surface area (Å²) in [5.41, 5.74) is 4.96. The van der Waals surface area contributed by atoms with Crippen molar-refractivity contribution in [3.8, 4) is 11.3 Å². The number of anilines is 1. The number of rotatable bonds is 1. The molecule has 2 nitrogen and oxygen atoms in total. The van der Waals surface area contributed by atoms with E-state index in [9.17, 15) is 13.2 Å². The number of halogens is 3. The predicted octanol–water partition coefficient (Wildman–Crippen LogP) is 3.55. The van der Waals surface area contributed by atoms with Crippen LogP contribution in [0.15, 0.2) is 41.0 Å². The molecule has 0 bridgehead atoms. The highest BCUT2D eigenvalue weighted by Gasteiger charge is 2.33. The van der Waals surface area contributed by atoms with Crippen LogP contribution in [0.5, 0.6) is 0 Å². The molecule has 0 aliphatic rings. The Kier molecular flexibility index (Phi) is 2.38. The molecule has 0 fully saturated rings. The minimum Gasteiger partial charge on any atom is -0.462 e. The Hall–Kier alpha value is -1.91. The van der Waals surface area contributed by atoms with Gasteiger partial charge in [0.15, 0.2) is 0 Å². The Bertz CT molecular complexity index is 502. The molecule has 0 aliphatic carbocycles. The van der Waals surface area contributed by atoms with Crippen LogP contribution >= 0.6 is 0 Å². The number of hydrogen-bond acceptors (Lipinski definition) is 2. The van der Waals surface area contributed by atoms with Crippen LogP contribution in [0.4, 0.5) is 18.9 Å². The second-order valence-electron chi connectivity index (χ2n) is 3.29. The Morgan fingerprint density at radius 3 is 2.38 bits per heavy atom. The molecule has 0 aliphatic heterocycles. The van der Waals surface area contributed by atoms with Crippen molar-refractivity contribution < 1.29 is 17.6 Å². The molecule has 0 saturated carbocycles.